The van der Waals surface area contributed by atoms with Crippen LogP contribution in [0.2, 0.25) is 0 Å². The largest absolute Gasteiger partial charge is 0.379 e. The topological polar surface area (TPSA) is 121 Å². The Hall–Kier alpha value is -1.91. The van der Waals surface area contributed by atoms with Gasteiger partial charge >= 0.3 is 0 Å². The highest BCUT2D eigenvalue weighted by Crippen LogP contribution is 2.18. The van der Waals surface area contributed by atoms with E-state index in [4.69, 9.17) is 4.74 Å². The lowest BCUT2D eigenvalue weighted by Crippen LogP contribution is -2.44. The van der Waals surface area contributed by atoms with Crippen molar-refractivity contribution in [1.82, 2.24) is 19.9 Å². The van der Waals surface area contributed by atoms with Crippen LogP contribution in [0.1, 0.15) is 24.3 Å². The van der Waals surface area contributed by atoms with E-state index in [9.17, 15) is 18.0 Å². The van der Waals surface area contributed by atoms with Gasteiger partial charge in [-0.25, -0.2) is 8.42 Å². The summed E-state index contributed by atoms with van der Waals surface area (Å²) in [5, 5.41) is 5.11. The molecular weight excluding hydrogens is 336 g/mol. The molecule has 3 N–H and O–H groups in total. The van der Waals surface area contributed by atoms with E-state index >= 15 is 0 Å². The van der Waals surface area contributed by atoms with Crippen molar-refractivity contribution in [3.8, 4) is 0 Å². The Bertz CT molecular complexity index is 694. The Balaban J connectivity index is 2.06. The van der Waals surface area contributed by atoms with Gasteiger partial charge in [-0.1, -0.05) is 0 Å². The fraction of sp³-hybridized carbons (Fsp3) is 0.571. The molecule has 24 heavy (non-hydrogen) atoms. The van der Waals surface area contributed by atoms with Crippen molar-refractivity contribution < 1.29 is 22.7 Å². The molecule has 1 aromatic heterocycles. The van der Waals surface area contributed by atoms with E-state index in [1.165, 1.54) is 16.6 Å². The zero-order chi connectivity index (χ0) is 17.7. The van der Waals surface area contributed by atoms with E-state index in [0.717, 1.165) is 0 Å². The average molecular weight is 358 g/mol. The first-order chi connectivity index (χ1) is 11.4. The molecule has 0 aliphatic carbocycles. The third-order valence-electron chi connectivity index (χ3n) is 3.60. The number of carbonyl (C=O) groups excluding carboxylic acids is 2. The number of carbonyl (C=O) groups is 2. The minimum absolute atomic E-state index is 0.0141. The molecule has 2 amide bonds. The van der Waals surface area contributed by atoms with Crippen molar-refractivity contribution in [1.29, 1.82) is 0 Å². The number of aromatic nitrogens is 1. The monoisotopic (exact) mass is 358 g/mol. The zero-order valence-electron chi connectivity index (χ0n) is 13.7. The Morgan fingerprint density at radius 2 is 2.04 bits per heavy atom. The van der Waals surface area contributed by atoms with Crippen LogP contribution in [0.15, 0.2) is 17.2 Å². The number of likely N-dealkylation sites (N-methyl/N-ethyl adjacent to an activating group) is 1. The SMILES string of the molecule is CCNC(=O)[C@@H](C)NC(=O)c1cc(S(=O)(=O)N2CCOCC2)c[nH]1. The number of nitrogens with zero attached hydrogens (tertiary/aromatic N) is 1. The van der Waals surface area contributed by atoms with Crippen LogP contribution >= 0.6 is 0 Å². The molecule has 0 saturated carbocycles. The smallest absolute Gasteiger partial charge is 0.268 e. The van der Waals surface area contributed by atoms with Gasteiger partial charge in [-0.2, -0.15) is 4.31 Å². The third kappa shape index (κ3) is 4.13. The highest BCUT2D eigenvalue weighted by Gasteiger charge is 2.28. The maximum absolute atomic E-state index is 12.5. The van der Waals surface area contributed by atoms with Gasteiger partial charge in [0.25, 0.3) is 5.91 Å². The summed E-state index contributed by atoms with van der Waals surface area (Å²) in [5.74, 6) is -0.851. The molecule has 0 unspecified atom stereocenters. The summed E-state index contributed by atoms with van der Waals surface area (Å²) in [5.41, 5.74) is 0.0815. The molecule has 0 aromatic carbocycles. The summed E-state index contributed by atoms with van der Waals surface area (Å²) in [6.07, 6.45) is 1.27. The van der Waals surface area contributed by atoms with Crippen molar-refractivity contribution in [3.63, 3.8) is 0 Å². The van der Waals surface area contributed by atoms with Crippen molar-refractivity contribution in [2.45, 2.75) is 24.8 Å². The van der Waals surface area contributed by atoms with Crippen LogP contribution in [0.4, 0.5) is 0 Å². The zero-order valence-corrected chi connectivity index (χ0v) is 14.5. The summed E-state index contributed by atoms with van der Waals surface area (Å²) >= 11 is 0. The van der Waals surface area contributed by atoms with Crippen LogP contribution in [0.3, 0.4) is 0 Å². The molecule has 9 nitrogen and oxygen atoms in total. The Labute approximate surface area is 140 Å². The summed E-state index contributed by atoms with van der Waals surface area (Å²) in [6, 6.07) is 0.546. The van der Waals surface area contributed by atoms with Gasteiger partial charge < -0.3 is 20.4 Å². The molecule has 0 bridgehead atoms. The second-order valence-electron chi connectivity index (χ2n) is 5.36. The summed E-state index contributed by atoms with van der Waals surface area (Å²) in [7, 11) is -3.67. The molecular formula is C14H22N4O5S. The van der Waals surface area contributed by atoms with Crippen LogP contribution < -0.4 is 10.6 Å². The van der Waals surface area contributed by atoms with E-state index < -0.39 is 22.0 Å². The van der Waals surface area contributed by atoms with Gasteiger partial charge in [0.05, 0.1) is 13.2 Å². The van der Waals surface area contributed by atoms with E-state index in [0.29, 0.717) is 19.8 Å². The minimum Gasteiger partial charge on any atom is -0.379 e. The third-order valence-corrected chi connectivity index (χ3v) is 5.48. The molecule has 1 aromatic rings. The second kappa shape index (κ2) is 7.77. The van der Waals surface area contributed by atoms with E-state index in [-0.39, 0.29) is 29.6 Å². The van der Waals surface area contributed by atoms with E-state index in [1.807, 2.05) is 0 Å². The van der Waals surface area contributed by atoms with Gasteiger partial charge in [-0.05, 0) is 19.9 Å². The quantitative estimate of drug-likeness (QED) is 0.620. The van der Waals surface area contributed by atoms with Gasteiger partial charge in [0.2, 0.25) is 15.9 Å². The van der Waals surface area contributed by atoms with Crippen molar-refractivity contribution in [2.75, 3.05) is 32.8 Å². The molecule has 2 heterocycles. The van der Waals surface area contributed by atoms with Gasteiger partial charge in [0.1, 0.15) is 16.6 Å². The van der Waals surface area contributed by atoms with E-state index in [2.05, 4.69) is 15.6 Å². The summed E-state index contributed by atoms with van der Waals surface area (Å²) < 4.78 is 31.4. The number of H-pyrrole nitrogens is 1. The molecule has 1 fully saturated rings. The highest BCUT2D eigenvalue weighted by molar-refractivity contribution is 7.89. The fourth-order valence-electron chi connectivity index (χ4n) is 2.26. The van der Waals surface area contributed by atoms with Gasteiger partial charge in [0.15, 0.2) is 0 Å². The maximum Gasteiger partial charge on any atom is 0.268 e. The first-order valence-corrected chi connectivity index (χ1v) is 9.15. The summed E-state index contributed by atoms with van der Waals surface area (Å²) in [6.45, 7) is 5.05. The van der Waals surface area contributed by atoms with Crippen LogP contribution in [-0.2, 0) is 19.6 Å². The number of aromatic amines is 1. The number of nitrogens with one attached hydrogen (secondary N) is 3. The standard InChI is InChI=1S/C14H22N4O5S/c1-3-15-13(19)10(2)17-14(20)12-8-11(9-16-12)24(21,22)18-4-6-23-7-5-18/h8-10,16H,3-7H2,1-2H3,(H,15,19)(H,17,20)/t10-/m1/s1. The molecule has 1 saturated heterocycles. The molecule has 134 valence electrons. The second-order valence-corrected chi connectivity index (χ2v) is 7.29. The van der Waals surface area contributed by atoms with Crippen LogP contribution in [0.5, 0.6) is 0 Å². The first-order valence-electron chi connectivity index (χ1n) is 7.71. The molecule has 2 rings (SSSR count). The number of morpholine rings is 1. The molecule has 1 aliphatic rings. The van der Waals surface area contributed by atoms with Crippen LogP contribution in [-0.4, -0.2) is 68.4 Å². The fourth-order valence-corrected chi connectivity index (χ4v) is 3.66. The molecule has 1 aliphatic heterocycles. The molecule has 10 heteroatoms. The predicted molar refractivity (Wildman–Crippen MR) is 86.0 cm³/mol. The van der Waals surface area contributed by atoms with Gasteiger partial charge in [-0.15, -0.1) is 0 Å². The highest BCUT2D eigenvalue weighted by atomic mass is 32.2. The first kappa shape index (κ1) is 18.4. The lowest BCUT2D eigenvalue weighted by molar-refractivity contribution is -0.122. The number of ether oxygens (including phenoxy) is 1. The Morgan fingerprint density at radius 3 is 2.67 bits per heavy atom. The van der Waals surface area contributed by atoms with Crippen LogP contribution in [0.25, 0.3) is 0 Å². The van der Waals surface area contributed by atoms with Crippen molar-refractivity contribution in [3.05, 3.63) is 18.0 Å². The number of sulfonamides is 1. The van der Waals surface area contributed by atoms with Crippen molar-refractivity contribution >= 4 is 21.8 Å². The number of rotatable bonds is 6. The average Bonchev–Trinajstić information content (AvgIpc) is 3.06. The number of hydrogen-bond donors (Lipinski definition) is 3. The van der Waals surface area contributed by atoms with Gasteiger partial charge in [-0.3, -0.25) is 9.59 Å². The van der Waals surface area contributed by atoms with Crippen molar-refractivity contribution in [2.24, 2.45) is 0 Å². The Kier molecular flexibility index (Phi) is 5.97. The molecule has 0 radical (unpaired) electrons. The number of amides is 2. The van der Waals surface area contributed by atoms with Gasteiger partial charge in [0, 0.05) is 25.8 Å². The van der Waals surface area contributed by atoms with Crippen LogP contribution in [0, 0.1) is 0 Å². The maximum atomic E-state index is 12.5. The lowest BCUT2D eigenvalue weighted by Gasteiger charge is -2.25. The summed E-state index contributed by atoms with van der Waals surface area (Å²) in [4.78, 5) is 26.4. The molecule has 0 spiro atoms. The minimum atomic E-state index is -3.67. The van der Waals surface area contributed by atoms with E-state index in [1.54, 1.807) is 13.8 Å². The predicted octanol–water partition coefficient (Wildman–Crippen LogP) is -0.710. The lowest BCUT2D eigenvalue weighted by atomic mass is 10.3. The normalized spacial score (nSPS) is 17.2. The Morgan fingerprint density at radius 1 is 1.38 bits per heavy atom. The molecule has 1 atom stereocenters. The number of hydrogen-bond acceptors (Lipinski definition) is 5.